The van der Waals surface area contributed by atoms with Crippen molar-refractivity contribution in [1.82, 2.24) is 10.6 Å². The van der Waals surface area contributed by atoms with Gasteiger partial charge in [-0.05, 0) is 12.8 Å². The minimum Gasteiger partial charge on any atom is -0.480 e. The largest absolute Gasteiger partial charge is 0.480 e. The molecule has 0 unspecified atom stereocenters. The monoisotopic (exact) mass is 298 g/mol. The van der Waals surface area contributed by atoms with Gasteiger partial charge in [0, 0.05) is 5.41 Å². The van der Waals surface area contributed by atoms with E-state index in [9.17, 15) is 19.5 Å². The van der Waals surface area contributed by atoms with Gasteiger partial charge in [-0.1, -0.05) is 46.5 Å². The highest BCUT2D eigenvalue weighted by atomic mass is 16.4. The lowest BCUT2D eigenvalue weighted by molar-refractivity contribution is -0.148. The van der Waals surface area contributed by atoms with E-state index in [0.717, 1.165) is 25.7 Å². The van der Waals surface area contributed by atoms with E-state index >= 15 is 0 Å². The standard InChI is InChI=1S/C15H26N2O4/c1-14(2,3)12(19)16-10-11(18)17-15(13(20)21)8-6-4-5-7-9-15/h4-10H2,1-3H3,(H,16,19)(H,17,18)(H,20,21). The normalized spacial score (nSPS) is 18.4. The van der Waals surface area contributed by atoms with Crippen LogP contribution in [0.15, 0.2) is 0 Å². The van der Waals surface area contributed by atoms with E-state index in [-0.39, 0.29) is 12.5 Å². The van der Waals surface area contributed by atoms with Crippen molar-refractivity contribution in [2.24, 2.45) is 5.41 Å². The zero-order valence-electron chi connectivity index (χ0n) is 13.1. The third-order valence-electron chi connectivity index (χ3n) is 3.84. The molecule has 1 aliphatic rings. The lowest BCUT2D eigenvalue weighted by Gasteiger charge is -2.29. The van der Waals surface area contributed by atoms with Crippen molar-refractivity contribution < 1.29 is 19.5 Å². The van der Waals surface area contributed by atoms with E-state index in [1.807, 2.05) is 0 Å². The first kappa shape index (κ1) is 17.5. The molecule has 0 atom stereocenters. The fraction of sp³-hybridized carbons (Fsp3) is 0.800. The summed E-state index contributed by atoms with van der Waals surface area (Å²) < 4.78 is 0. The molecule has 120 valence electrons. The molecular formula is C15H26N2O4. The highest BCUT2D eigenvalue weighted by molar-refractivity contribution is 5.91. The second-order valence-corrected chi connectivity index (χ2v) is 6.78. The number of carbonyl (C=O) groups is 3. The maximum absolute atomic E-state index is 12.0. The Morgan fingerprint density at radius 3 is 2.00 bits per heavy atom. The van der Waals surface area contributed by atoms with Gasteiger partial charge in [0.15, 0.2) is 0 Å². The van der Waals surface area contributed by atoms with Crippen molar-refractivity contribution in [3.8, 4) is 0 Å². The van der Waals surface area contributed by atoms with Crippen LogP contribution in [0.3, 0.4) is 0 Å². The van der Waals surface area contributed by atoms with Crippen LogP contribution in [0, 0.1) is 5.41 Å². The van der Waals surface area contributed by atoms with E-state index in [4.69, 9.17) is 0 Å². The van der Waals surface area contributed by atoms with Gasteiger partial charge in [0.2, 0.25) is 11.8 Å². The minimum atomic E-state index is -1.18. The van der Waals surface area contributed by atoms with Crippen LogP contribution in [-0.2, 0) is 14.4 Å². The van der Waals surface area contributed by atoms with Gasteiger partial charge >= 0.3 is 5.97 Å². The first-order chi connectivity index (χ1) is 9.67. The first-order valence-electron chi connectivity index (χ1n) is 7.50. The Bertz CT molecular complexity index is 404. The molecule has 1 saturated carbocycles. The molecule has 0 aromatic carbocycles. The van der Waals surface area contributed by atoms with Gasteiger partial charge in [-0.2, -0.15) is 0 Å². The van der Waals surface area contributed by atoms with Crippen molar-refractivity contribution in [1.29, 1.82) is 0 Å². The molecule has 0 spiro atoms. The van der Waals surface area contributed by atoms with E-state index in [1.165, 1.54) is 0 Å². The quantitative estimate of drug-likeness (QED) is 0.684. The van der Waals surface area contributed by atoms with Crippen molar-refractivity contribution in [2.45, 2.75) is 64.8 Å². The molecule has 2 amide bonds. The van der Waals surface area contributed by atoms with Crippen LogP contribution >= 0.6 is 0 Å². The first-order valence-corrected chi connectivity index (χ1v) is 7.50. The molecule has 0 radical (unpaired) electrons. The fourth-order valence-corrected chi connectivity index (χ4v) is 2.46. The SMILES string of the molecule is CC(C)(C)C(=O)NCC(=O)NC1(C(=O)O)CCCCCC1. The number of carboxylic acid groups (broad SMARTS) is 1. The van der Waals surface area contributed by atoms with E-state index in [1.54, 1.807) is 20.8 Å². The summed E-state index contributed by atoms with van der Waals surface area (Å²) >= 11 is 0. The number of aliphatic carboxylic acids is 1. The second-order valence-electron chi connectivity index (χ2n) is 6.78. The Labute approximate surface area is 125 Å². The number of carboxylic acids is 1. The van der Waals surface area contributed by atoms with Gasteiger partial charge in [0.1, 0.15) is 5.54 Å². The van der Waals surface area contributed by atoms with Gasteiger partial charge in [0.25, 0.3) is 0 Å². The van der Waals surface area contributed by atoms with Crippen LogP contribution in [0.2, 0.25) is 0 Å². The average molecular weight is 298 g/mol. The number of hydrogen-bond donors (Lipinski definition) is 3. The molecule has 0 aromatic rings. The van der Waals surface area contributed by atoms with Crippen molar-refractivity contribution in [3.63, 3.8) is 0 Å². The lowest BCUT2D eigenvalue weighted by Crippen LogP contribution is -2.56. The van der Waals surface area contributed by atoms with Gasteiger partial charge in [-0.25, -0.2) is 4.79 Å². The zero-order chi connectivity index (χ0) is 16.1. The summed E-state index contributed by atoms with van der Waals surface area (Å²) in [6, 6.07) is 0. The number of carbonyl (C=O) groups excluding carboxylic acids is 2. The summed E-state index contributed by atoms with van der Waals surface area (Å²) in [5.74, 6) is -1.67. The number of rotatable bonds is 4. The molecule has 0 saturated heterocycles. The Morgan fingerprint density at radius 1 is 1.05 bits per heavy atom. The second kappa shape index (κ2) is 6.91. The number of amides is 2. The van der Waals surface area contributed by atoms with Crippen LogP contribution in [0.4, 0.5) is 0 Å². The minimum absolute atomic E-state index is 0.189. The van der Waals surface area contributed by atoms with Crippen LogP contribution in [0.5, 0.6) is 0 Å². The summed E-state index contributed by atoms with van der Waals surface area (Å²) in [4.78, 5) is 35.3. The average Bonchev–Trinajstić information content (AvgIpc) is 2.61. The molecule has 0 bridgehead atoms. The predicted octanol–water partition coefficient (Wildman–Crippen LogP) is 1.44. The molecule has 1 rings (SSSR count). The van der Waals surface area contributed by atoms with Crippen LogP contribution in [-0.4, -0.2) is 35.0 Å². The van der Waals surface area contributed by atoms with Crippen LogP contribution < -0.4 is 10.6 Å². The molecule has 3 N–H and O–H groups in total. The summed E-state index contributed by atoms with van der Waals surface area (Å²) in [5, 5.41) is 14.6. The topological polar surface area (TPSA) is 95.5 Å². The van der Waals surface area contributed by atoms with E-state index < -0.39 is 22.8 Å². The summed E-state index contributed by atoms with van der Waals surface area (Å²) in [5.41, 5.74) is -1.76. The molecule has 6 nitrogen and oxygen atoms in total. The predicted molar refractivity (Wildman–Crippen MR) is 78.7 cm³/mol. The molecular weight excluding hydrogens is 272 g/mol. The molecule has 0 heterocycles. The highest BCUT2D eigenvalue weighted by Crippen LogP contribution is 2.27. The fourth-order valence-electron chi connectivity index (χ4n) is 2.46. The van der Waals surface area contributed by atoms with Gasteiger partial charge in [-0.15, -0.1) is 0 Å². The highest BCUT2D eigenvalue weighted by Gasteiger charge is 2.40. The van der Waals surface area contributed by atoms with Crippen molar-refractivity contribution in [3.05, 3.63) is 0 Å². The molecule has 21 heavy (non-hydrogen) atoms. The summed E-state index contributed by atoms with van der Waals surface area (Å²) in [6.45, 7) is 5.07. The molecule has 1 aliphatic carbocycles. The van der Waals surface area contributed by atoms with Gasteiger partial charge in [0.05, 0.1) is 6.54 Å². The zero-order valence-corrected chi connectivity index (χ0v) is 13.1. The smallest absolute Gasteiger partial charge is 0.329 e. The van der Waals surface area contributed by atoms with E-state index in [2.05, 4.69) is 10.6 Å². The Balaban J connectivity index is 2.61. The molecule has 0 aromatic heterocycles. The third kappa shape index (κ3) is 5.02. The Hall–Kier alpha value is -1.59. The summed E-state index contributed by atoms with van der Waals surface area (Å²) in [7, 11) is 0. The Morgan fingerprint density at radius 2 is 1.57 bits per heavy atom. The Kier molecular flexibility index (Phi) is 5.75. The van der Waals surface area contributed by atoms with Gasteiger partial charge < -0.3 is 15.7 Å². The van der Waals surface area contributed by atoms with E-state index in [0.29, 0.717) is 12.8 Å². The lowest BCUT2D eigenvalue weighted by atomic mass is 9.90. The van der Waals surface area contributed by atoms with Crippen molar-refractivity contribution in [2.75, 3.05) is 6.54 Å². The number of nitrogens with one attached hydrogen (secondary N) is 2. The van der Waals surface area contributed by atoms with Gasteiger partial charge in [-0.3, -0.25) is 9.59 Å². The maximum Gasteiger partial charge on any atom is 0.329 e. The van der Waals surface area contributed by atoms with Crippen molar-refractivity contribution >= 4 is 17.8 Å². The summed E-state index contributed by atoms with van der Waals surface area (Å²) in [6.07, 6.45) is 4.46. The maximum atomic E-state index is 12.0. The number of hydrogen-bond acceptors (Lipinski definition) is 3. The molecule has 1 fully saturated rings. The molecule has 0 aliphatic heterocycles. The third-order valence-corrected chi connectivity index (χ3v) is 3.84. The van der Waals surface area contributed by atoms with Crippen LogP contribution in [0.1, 0.15) is 59.3 Å². The molecule has 6 heteroatoms. The van der Waals surface area contributed by atoms with Crippen LogP contribution in [0.25, 0.3) is 0 Å².